The molecule has 4 rings (SSSR count). The van der Waals surface area contributed by atoms with Crippen LogP contribution >= 0.6 is 11.3 Å². The van der Waals surface area contributed by atoms with Gasteiger partial charge in [0.1, 0.15) is 5.01 Å². The predicted molar refractivity (Wildman–Crippen MR) is 108 cm³/mol. The van der Waals surface area contributed by atoms with E-state index in [9.17, 15) is 18.0 Å². The van der Waals surface area contributed by atoms with Crippen LogP contribution in [0.5, 0.6) is 0 Å². The minimum Gasteiger partial charge on any atom is -0.326 e. The Morgan fingerprint density at radius 1 is 1.07 bits per heavy atom. The third-order valence-corrected chi connectivity index (χ3v) is 5.25. The Hall–Kier alpha value is -3.46. The molecule has 0 spiro atoms. The molecule has 30 heavy (non-hydrogen) atoms. The molecule has 0 aliphatic rings. The fraction of sp³-hybridized carbons (Fsp3) is 0.0952. The van der Waals surface area contributed by atoms with Crippen LogP contribution in [0.4, 0.5) is 18.9 Å². The lowest BCUT2D eigenvalue weighted by molar-refractivity contribution is -0.137. The van der Waals surface area contributed by atoms with Crippen LogP contribution in [0.3, 0.4) is 0 Å². The Labute approximate surface area is 173 Å². The molecule has 0 aliphatic heterocycles. The first-order valence-corrected chi connectivity index (χ1v) is 9.77. The van der Waals surface area contributed by atoms with E-state index in [-0.39, 0.29) is 12.3 Å². The highest BCUT2D eigenvalue weighted by Gasteiger charge is 2.30. The van der Waals surface area contributed by atoms with Crippen LogP contribution in [0.1, 0.15) is 11.3 Å². The summed E-state index contributed by atoms with van der Waals surface area (Å²) in [6, 6.07) is 12.1. The molecule has 2 aromatic heterocycles. The Morgan fingerprint density at radius 3 is 2.43 bits per heavy atom. The second-order valence-corrected chi connectivity index (χ2v) is 7.32. The van der Waals surface area contributed by atoms with E-state index in [2.05, 4.69) is 15.3 Å². The number of hydrogen-bond donors (Lipinski definition) is 1. The van der Waals surface area contributed by atoms with Gasteiger partial charge in [-0.15, -0.1) is 11.3 Å². The molecule has 0 unspecified atom stereocenters. The second kappa shape index (κ2) is 8.11. The van der Waals surface area contributed by atoms with Crippen LogP contribution in [0, 0.1) is 0 Å². The highest BCUT2D eigenvalue weighted by molar-refractivity contribution is 7.13. The normalized spacial score (nSPS) is 11.4. The minimum atomic E-state index is -4.37. The van der Waals surface area contributed by atoms with Crippen molar-refractivity contribution < 1.29 is 18.0 Å². The Bertz CT molecular complexity index is 1130. The van der Waals surface area contributed by atoms with Crippen molar-refractivity contribution in [2.75, 3.05) is 5.32 Å². The standard InChI is InChI=1S/C21H15F3N4OS/c22-21(23,24)15-3-1-14(2-4-15)20-27-17(12-30-20)11-19(29)26-16-5-7-18(8-6-16)28-10-9-25-13-28/h1-10,12-13H,11H2,(H,26,29). The van der Waals surface area contributed by atoms with Crippen molar-refractivity contribution in [3.63, 3.8) is 0 Å². The third-order valence-electron chi connectivity index (χ3n) is 4.31. The highest BCUT2D eigenvalue weighted by Crippen LogP contribution is 2.31. The number of benzene rings is 2. The quantitative estimate of drug-likeness (QED) is 0.476. The molecule has 0 bridgehead atoms. The van der Waals surface area contributed by atoms with E-state index in [0.29, 0.717) is 22.0 Å². The van der Waals surface area contributed by atoms with Gasteiger partial charge in [0.05, 0.1) is 24.0 Å². The van der Waals surface area contributed by atoms with E-state index >= 15 is 0 Å². The van der Waals surface area contributed by atoms with Crippen molar-refractivity contribution >= 4 is 22.9 Å². The van der Waals surface area contributed by atoms with Gasteiger partial charge in [0.15, 0.2) is 0 Å². The molecule has 1 amide bonds. The number of hydrogen-bond acceptors (Lipinski definition) is 4. The van der Waals surface area contributed by atoms with Crippen LogP contribution < -0.4 is 5.32 Å². The first-order valence-electron chi connectivity index (χ1n) is 8.89. The van der Waals surface area contributed by atoms with Crippen molar-refractivity contribution in [1.29, 1.82) is 0 Å². The van der Waals surface area contributed by atoms with Crippen molar-refractivity contribution in [3.8, 4) is 16.3 Å². The minimum absolute atomic E-state index is 0.0698. The van der Waals surface area contributed by atoms with Gasteiger partial charge in [0.25, 0.3) is 0 Å². The number of carbonyl (C=O) groups excluding carboxylic acids is 1. The Morgan fingerprint density at radius 2 is 1.80 bits per heavy atom. The van der Waals surface area contributed by atoms with E-state index < -0.39 is 11.7 Å². The summed E-state index contributed by atoms with van der Waals surface area (Å²) in [5, 5.41) is 5.11. The number of nitrogens with one attached hydrogen (secondary N) is 1. The van der Waals surface area contributed by atoms with E-state index in [0.717, 1.165) is 17.8 Å². The summed E-state index contributed by atoms with van der Waals surface area (Å²) < 4.78 is 39.9. The largest absolute Gasteiger partial charge is 0.416 e. The maximum Gasteiger partial charge on any atom is 0.416 e. The van der Waals surface area contributed by atoms with Gasteiger partial charge in [-0.25, -0.2) is 9.97 Å². The molecule has 0 radical (unpaired) electrons. The van der Waals surface area contributed by atoms with Crippen molar-refractivity contribution in [2.45, 2.75) is 12.6 Å². The zero-order chi connectivity index (χ0) is 21.1. The molecule has 4 aromatic rings. The molecule has 1 N–H and O–H groups in total. The predicted octanol–water partition coefficient (Wildman–Crippen LogP) is 5.20. The first-order chi connectivity index (χ1) is 14.4. The molecule has 152 valence electrons. The highest BCUT2D eigenvalue weighted by atomic mass is 32.1. The average Bonchev–Trinajstić information content (AvgIpc) is 3.40. The van der Waals surface area contributed by atoms with E-state index in [4.69, 9.17) is 0 Å². The van der Waals surface area contributed by atoms with Crippen LogP contribution in [0.2, 0.25) is 0 Å². The van der Waals surface area contributed by atoms with Gasteiger partial charge in [-0.1, -0.05) is 12.1 Å². The molecule has 5 nitrogen and oxygen atoms in total. The number of carbonyl (C=O) groups is 1. The van der Waals surface area contributed by atoms with E-state index in [1.165, 1.54) is 23.5 Å². The molecule has 9 heteroatoms. The van der Waals surface area contributed by atoms with Crippen LogP contribution in [-0.4, -0.2) is 20.4 Å². The van der Waals surface area contributed by atoms with Gasteiger partial charge < -0.3 is 9.88 Å². The second-order valence-electron chi connectivity index (χ2n) is 6.46. The molecule has 2 heterocycles. The van der Waals surface area contributed by atoms with Crippen molar-refractivity contribution in [1.82, 2.24) is 14.5 Å². The SMILES string of the molecule is O=C(Cc1csc(-c2ccc(C(F)(F)F)cc2)n1)Nc1ccc(-n2ccnc2)cc1. The van der Waals surface area contributed by atoms with Gasteiger partial charge in [-0.3, -0.25) is 4.79 Å². The summed E-state index contributed by atoms with van der Waals surface area (Å²) in [5.74, 6) is -0.227. The summed E-state index contributed by atoms with van der Waals surface area (Å²) in [6.45, 7) is 0. The molecule has 0 saturated heterocycles. The first kappa shape index (κ1) is 19.8. The van der Waals surface area contributed by atoms with Crippen LogP contribution in [0.25, 0.3) is 16.3 Å². The molecule has 0 fully saturated rings. The monoisotopic (exact) mass is 428 g/mol. The average molecular weight is 428 g/mol. The van der Waals surface area contributed by atoms with Gasteiger partial charge in [-0.2, -0.15) is 13.2 Å². The smallest absolute Gasteiger partial charge is 0.326 e. The van der Waals surface area contributed by atoms with Crippen molar-refractivity contribution in [3.05, 3.63) is 83.9 Å². The summed E-state index contributed by atoms with van der Waals surface area (Å²) in [7, 11) is 0. The zero-order valence-corrected chi connectivity index (χ0v) is 16.2. The van der Waals surface area contributed by atoms with Gasteiger partial charge >= 0.3 is 6.18 Å². The lowest BCUT2D eigenvalue weighted by atomic mass is 10.1. The van der Waals surface area contributed by atoms with Crippen molar-refractivity contribution in [2.24, 2.45) is 0 Å². The number of imidazole rings is 1. The molecule has 2 aromatic carbocycles. The van der Waals surface area contributed by atoms with Gasteiger partial charge in [0.2, 0.25) is 5.91 Å². The fourth-order valence-corrected chi connectivity index (χ4v) is 3.65. The van der Waals surface area contributed by atoms with Gasteiger partial charge in [-0.05, 0) is 36.4 Å². The maximum atomic E-state index is 12.7. The third kappa shape index (κ3) is 4.57. The molecule has 0 aliphatic carbocycles. The van der Waals surface area contributed by atoms with Crippen LogP contribution in [0.15, 0.2) is 72.6 Å². The Balaban J connectivity index is 1.38. The topological polar surface area (TPSA) is 59.8 Å². The fourth-order valence-electron chi connectivity index (χ4n) is 2.82. The lowest BCUT2D eigenvalue weighted by Crippen LogP contribution is -2.14. The molecular formula is C21H15F3N4OS. The lowest BCUT2D eigenvalue weighted by Gasteiger charge is -2.07. The van der Waals surface area contributed by atoms with Gasteiger partial charge in [0, 0.05) is 34.7 Å². The number of rotatable bonds is 5. The number of nitrogens with zero attached hydrogens (tertiary/aromatic N) is 3. The van der Waals surface area contributed by atoms with E-state index in [1.54, 1.807) is 30.0 Å². The number of thiazole rings is 1. The number of halogens is 3. The Kier molecular flexibility index (Phi) is 5.37. The number of aromatic nitrogens is 3. The number of alkyl halides is 3. The summed E-state index contributed by atoms with van der Waals surface area (Å²) in [5.41, 5.74) is 2.01. The maximum absolute atomic E-state index is 12.7. The zero-order valence-electron chi connectivity index (χ0n) is 15.4. The number of anilines is 1. The molecule has 0 saturated carbocycles. The summed E-state index contributed by atoms with van der Waals surface area (Å²) in [4.78, 5) is 20.7. The summed E-state index contributed by atoms with van der Waals surface area (Å²) in [6.07, 6.45) is 0.888. The van der Waals surface area contributed by atoms with E-state index in [1.807, 2.05) is 22.9 Å². The summed E-state index contributed by atoms with van der Waals surface area (Å²) >= 11 is 1.28. The number of amides is 1. The van der Waals surface area contributed by atoms with Crippen LogP contribution in [-0.2, 0) is 17.4 Å². The molecule has 0 atom stereocenters. The molecular weight excluding hydrogens is 413 g/mol.